The van der Waals surface area contributed by atoms with Crippen molar-refractivity contribution in [3.05, 3.63) is 74.8 Å². The number of para-hydroxylation sites is 1. The summed E-state index contributed by atoms with van der Waals surface area (Å²) >= 11 is 9.44. The first kappa shape index (κ1) is 17.4. The van der Waals surface area contributed by atoms with E-state index in [1.54, 1.807) is 35.4 Å². The summed E-state index contributed by atoms with van der Waals surface area (Å²) < 4.78 is 3.86. The van der Waals surface area contributed by atoms with Gasteiger partial charge in [-0.1, -0.05) is 23.7 Å². The molecule has 0 aliphatic heterocycles. The number of rotatable bonds is 5. The molecule has 2 aromatic heterocycles. The fourth-order valence-electron chi connectivity index (χ4n) is 2.28. The maximum atomic E-state index is 12.1. The number of benzene rings is 1. The van der Waals surface area contributed by atoms with Crippen molar-refractivity contribution >= 4 is 39.1 Å². The van der Waals surface area contributed by atoms with E-state index in [4.69, 9.17) is 11.6 Å². The quantitative estimate of drug-likeness (QED) is 0.686. The first-order valence-electron chi connectivity index (χ1n) is 7.48. The number of aromatic nitrogens is 3. The van der Waals surface area contributed by atoms with Gasteiger partial charge in [0.05, 0.1) is 28.8 Å². The Balaban J connectivity index is 1.63. The van der Waals surface area contributed by atoms with Crippen LogP contribution in [-0.2, 0) is 11.3 Å². The molecule has 3 rings (SSSR count). The van der Waals surface area contributed by atoms with Crippen molar-refractivity contribution in [3.63, 3.8) is 0 Å². The van der Waals surface area contributed by atoms with Crippen molar-refractivity contribution in [3.8, 4) is 5.69 Å². The number of nitrogens with zero attached hydrogens (tertiary/aromatic N) is 3. The van der Waals surface area contributed by atoms with E-state index in [1.807, 2.05) is 18.2 Å². The maximum Gasteiger partial charge on any atom is 0.250 e. The highest BCUT2D eigenvalue weighted by molar-refractivity contribution is 9.10. The molecule has 3 aromatic rings. The van der Waals surface area contributed by atoms with Gasteiger partial charge in [-0.25, -0.2) is 4.68 Å². The Bertz CT molecular complexity index is 967. The zero-order chi connectivity index (χ0) is 17.8. The van der Waals surface area contributed by atoms with Gasteiger partial charge in [-0.2, -0.15) is 5.10 Å². The van der Waals surface area contributed by atoms with E-state index in [0.717, 1.165) is 10.2 Å². The fourth-order valence-corrected chi connectivity index (χ4v) is 2.88. The van der Waals surface area contributed by atoms with E-state index >= 15 is 0 Å². The van der Waals surface area contributed by atoms with Gasteiger partial charge in [0.25, 0.3) is 5.56 Å². The Labute approximate surface area is 157 Å². The number of anilines is 1. The summed E-state index contributed by atoms with van der Waals surface area (Å²) in [5.74, 6) is -0.203. The zero-order valence-corrected chi connectivity index (χ0v) is 15.4. The molecule has 1 aromatic carbocycles. The normalized spacial score (nSPS) is 10.6. The second kappa shape index (κ2) is 7.67. The molecule has 1 N–H and O–H groups in total. The maximum absolute atomic E-state index is 12.1. The van der Waals surface area contributed by atoms with Crippen LogP contribution in [0.3, 0.4) is 0 Å². The molecule has 25 heavy (non-hydrogen) atoms. The predicted octanol–water partition coefficient (Wildman–Crippen LogP) is 3.48. The summed E-state index contributed by atoms with van der Waals surface area (Å²) in [5, 5.41) is 7.53. The number of halogens is 2. The predicted molar refractivity (Wildman–Crippen MR) is 100 cm³/mol. The number of pyridine rings is 1. The molecule has 0 radical (unpaired) electrons. The lowest BCUT2D eigenvalue weighted by atomic mass is 10.3. The number of carbonyl (C=O) groups excluding carboxylic acids is 1. The van der Waals surface area contributed by atoms with Crippen molar-refractivity contribution in [2.24, 2.45) is 0 Å². The van der Waals surface area contributed by atoms with E-state index in [9.17, 15) is 9.59 Å². The third-order valence-corrected chi connectivity index (χ3v) is 4.28. The van der Waals surface area contributed by atoms with Crippen LogP contribution in [0.4, 0.5) is 5.69 Å². The number of hydrogen-bond acceptors (Lipinski definition) is 3. The summed E-state index contributed by atoms with van der Waals surface area (Å²) in [6.45, 7) is 0.294. The average molecular weight is 422 g/mol. The first-order valence-corrected chi connectivity index (χ1v) is 8.65. The Morgan fingerprint density at radius 2 is 2.00 bits per heavy atom. The third kappa shape index (κ3) is 4.37. The molecular formula is C17H14BrClN4O2. The van der Waals surface area contributed by atoms with Crippen LogP contribution in [0.25, 0.3) is 5.69 Å². The summed E-state index contributed by atoms with van der Waals surface area (Å²) in [6.07, 6.45) is 5.07. The van der Waals surface area contributed by atoms with Gasteiger partial charge in [0.1, 0.15) is 0 Å². The van der Waals surface area contributed by atoms with Gasteiger partial charge < -0.3 is 9.88 Å². The Kier molecular flexibility index (Phi) is 5.35. The van der Waals surface area contributed by atoms with Crippen LogP contribution >= 0.6 is 27.5 Å². The lowest BCUT2D eigenvalue weighted by molar-refractivity contribution is -0.116. The lowest BCUT2D eigenvalue weighted by Crippen LogP contribution is -2.22. The molecule has 0 bridgehead atoms. The topological polar surface area (TPSA) is 68.9 Å². The molecule has 1 amide bonds. The van der Waals surface area contributed by atoms with Crippen LogP contribution in [0.2, 0.25) is 5.02 Å². The number of aryl methyl sites for hydroxylation is 1. The summed E-state index contributed by atoms with van der Waals surface area (Å²) in [4.78, 5) is 23.8. The van der Waals surface area contributed by atoms with E-state index in [-0.39, 0.29) is 17.9 Å². The molecule has 0 fully saturated rings. The Morgan fingerprint density at radius 1 is 1.20 bits per heavy atom. The first-order chi connectivity index (χ1) is 12.0. The molecule has 0 atom stereocenters. The Morgan fingerprint density at radius 3 is 2.80 bits per heavy atom. The van der Waals surface area contributed by atoms with E-state index < -0.39 is 0 Å². The average Bonchev–Trinajstić information content (AvgIpc) is 3.04. The van der Waals surface area contributed by atoms with E-state index in [1.165, 1.54) is 10.6 Å². The van der Waals surface area contributed by atoms with Gasteiger partial charge in [0, 0.05) is 29.7 Å². The van der Waals surface area contributed by atoms with Crippen molar-refractivity contribution < 1.29 is 4.79 Å². The number of hydrogen-bond donors (Lipinski definition) is 1. The van der Waals surface area contributed by atoms with E-state index in [2.05, 4.69) is 26.3 Å². The lowest BCUT2D eigenvalue weighted by Gasteiger charge is -2.06. The second-order valence-corrected chi connectivity index (χ2v) is 6.62. The Hall–Kier alpha value is -2.38. The van der Waals surface area contributed by atoms with Crippen molar-refractivity contribution in [2.75, 3.05) is 5.32 Å². The van der Waals surface area contributed by atoms with Crippen LogP contribution in [0, 0.1) is 0 Å². The van der Waals surface area contributed by atoms with Crippen LogP contribution in [0.15, 0.2) is 64.3 Å². The third-order valence-electron chi connectivity index (χ3n) is 3.49. The van der Waals surface area contributed by atoms with Gasteiger partial charge in [0.15, 0.2) is 0 Å². The standard InChI is InChI=1S/C17H14BrClN4O2/c18-12-5-6-17(25)22(10-12)8-7-16(24)21-13-9-20-23(11-13)15-4-2-1-3-14(15)19/h1-6,9-11H,7-8H2,(H,21,24). The van der Waals surface area contributed by atoms with Gasteiger partial charge in [-0.15, -0.1) is 0 Å². The van der Waals surface area contributed by atoms with Crippen LogP contribution in [0.5, 0.6) is 0 Å². The number of amides is 1. The van der Waals surface area contributed by atoms with Crippen LogP contribution in [0.1, 0.15) is 6.42 Å². The summed E-state index contributed by atoms with van der Waals surface area (Å²) in [6, 6.07) is 10.4. The van der Waals surface area contributed by atoms with Crippen molar-refractivity contribution in [1.29, 1.82) is 0 Å². The monoisotopic (exact) mass is 420 g/mol. The second-order valence-electron chi connectivity index (χ2n) is 5.30. The smallest absolute Gasteiger partial charge is 0.250 e. The largest absolute Gasteiger partial charge is 0.323 e. The molecule has 0 aliphatic rings. The molecule has 128 valence electrons. The van der Waals surface area contributed by atoms with Gasteiger partial charge in [0.2, 0.25) is 5.91 Å². The van der Waals surface area contributed by atoms with E-state index in [0.29, 0.717) is 17.3 Å². The molecule has 0 spiro atoms. The van der Waals surface area contributed by atoms with Crippen LogP contribution in [-0.4, -0.2) is 20.3 Å². The van der Waals surface area contributed by atoms with Crippen molar-refractivity contribution in [2.45, 2.75) is 13.0 Å². The zero-order valence-electron chi connectivity index (χ0n) is 13.0. The molecule has 0 saturated carbocycles. The summed E-state index contributed by atoms with van der Waals surface area (Å²) in [5.41, 5.74) is 1.14. The minimum absolute atomic E-state index is 0.150. The van der Waals surface area contributed by atoms with Gasteiger partial charge in [-0.3, -0.25) is 9.59 Å². The number of carbonyl (C=O) groups is 1. The highest BCUT2D eigenvalue weighted by Gasteiger charge is 2.08. The van der Waals surface area contributed by atoms with Gasteiger partial charge >= 0.3 is 0 Å². The fraction of sp³-hybridized carbons (Fsp3) is 0.118. The molecule has 0 saturated heterocycles. The highest BCUT2D eigenvalue weighted by atomic mass is 79.9. The number of nitrogens with one attached hydrogen (secondary N) is 1. The molecule has 6 nitrogen and oxygen atoms in total. The molecule has 8 heteroatoms. The molecule has 0 unspecified atom stereocenters. The molecule has 2 heterocycles. The van der Waals surface area contributed by atoms with Crippen molar-refractivity contribution in [1.82, 2.24) is 14.3 Å². The highest BCUT2D eigenvalue weighted by Crippen LogP contribution is 2.20. The summed E-state index contributed by atoms with van der Waals surface area (Å²) in [7, 11) is 0. The van der Waals surface area contributed by atoms with Crippen LogP contribution < -0.4 is 10.9 Å². The minimum atomic E-state index is -0.203. The molecular weight excluding hydrogens is 408 g/mol. The molecule has 0 aliphatic carbocycles. The van der Waals surface area contributed by atoms with Gasteiger partial charge in [-0.05, 0) is 34.1 Å². The minimum Gasteiger partial charge on any atom is -0.323 e. The SMILES string of the molecule is O=C(CCn1cc(Br)ccc1=O)Nc1cnn(-c2ccccc2Cl)c1.